The zero-order valence-corrected chi connectivity index (χ0v) is 11.9. The Balaban J connectivity index is 3.02. The lowest BCUT2D eigenvalue weighted by molar-refractivity contribution is 0.354. The topological polar surface area (TPSA) is 64.6 Å². The van der Waals surface area contributed by atoms with Gasteiger partial charge in [0.05, 0.1) is 19.1 Å². The lowest BCUT2D eigenvalue weighted by Crippen LogP contribution is -2.27. The predicted molar refractivity (Wildman–Crippen MR) is 69.6 cm³/mol. The van der Waals surface area contributed by atoms with Gasteiger partial charge in [0.1, 0.15) is 0 Å². The molecule has 0 atom stereocenters. The van der Waals surface area contributed by atoms with E-state index in [0.717, 1.165) is 0 Å². The summed E-state index contributed by atoms with van der Waals surface area (Å²) in [5, 5.41) is 0. The number of sulfonamides is 1. The molecule has 1 aromatic carbocycles. The molecule has 1 aromatic rings. The highest BCUT2D eigenvalue weighted by atomic mass is 32.2. The second-order valence-electron chi connectivity index (χ2n) is 4.26. The summed E-state index contributed by atoms with van der Waals surface area (Å²) in [5.74, 6) is 1.14. The molecule has 0 bridgehead atoms. The number of benzene rings is 1. The molecule has 0 fully saturated rings. The van der Waals surface area contributed by atoms with Gasteiger partial charge in [0, 0.05) is 12.6 Å². The van der Waals surface area contributed by atoms with E-state index in [4.69, 9.17) is 9.47 Å². The van der Waals surface area contributed by atoms with Crippen molar-refractivity contribution in [3.8, 4) is 11.5 Å². The van der Waals surface area contributed by atoms with Gasteiger partial charge in [0.2, 0.25) is 10.0 Å². The fraction of sp³-hybridized carbons (Fsp3) is 0.500. The van der Waals surface area contributed by atoms with Gasteiger partial charge in [-0.2, -0.15) is 0 Å². The summed E-state index contributed by atoms with van der Waals surface area (Å²) in [7, 11) is -0.527. The smallest absolute Gasteiger partial charge is 0.240 e. The molecule has 0 spiro atoms. The van der Waals surface area contributed by atoms with Crippen LogP contribution in [0.5, 0.6) is 11.5 Å². The zero-order valence-electron chi connectivity index (χ0n) is 11.1. The molecule has 0 saturated carbocycles. The third-order valence-electron chi connectivity index (χ3n) is 2.35. The van der Waals surface area contributed by atoms with Crippen LogP contribution in [0.3, 0.4) is 0 Å². The molecule has 0 radical (unpaired) electrons. The summed E-state index contributed by atoms with van der Waals surface area (Å²) in [6.45, 7) is 4.28. The zero-order chi connectivity index (χ0) is 13.8. The van der Waals surface area contributed by atoms with Crippen molar-refractivity contribution < 1.29 is 17.9 Å². The highest BCUT2D eigenvalue weighted by Gasteiger charge is 2.16. The van der Waals surface area contributed by atoms with Gasteiger partial charge in [-0.3, -0.25) is 0 Å². The Hall–Kier alpha value is -1.27. The summed E-state index contributed by atoms with van der Waals surface area (Å²) in [5.41, 5.74) is 0. The first-order valence-electron chi connectivity index (χ1n) is 5.62. The van der Waals surface area contributed by atoms with Gasteiger partial charge < -0.3 is 9.47 Å². The third-order valence-corrected chi connectivity index (χ3v) is 3.77. The van der Waals surface area contributed by atoms with Crippen LogP contribution in [0.25, 0.3) is 0 Å². The average molecular weight is 273 g/mol. The molecule has 0 aliphatic heterocycles. The lowest BCUT2D eigenvalue weighted by atomic mass is 10.2. The average Bonchev–Trinajstić information content (AvgIpc) is 2.35. The largest absolute Gasteiger partial charge is 0.493 e. The van der Waals surface area contributed by atoms with Crippen LogP contribution < -0.4 is 14.2 Å². The maximum absolute atomic E-state index is 12.0. The Morgan fingerprint density at radius 3 is 2.28 bits per heavy atom. The maximum Gasteiger partial charge on any atom is 0.240 e. The van der Waals surface area contributed by atoms with Crippen LogP contribution in [0.15, 0.2) is 23.1 Å². The highest BCUT2D eigenvalue weighted by molar-refractivity contribution is 7.89. The molecule has 0 aliphatic carbocycles. The molecule has 0 aliphatic rings. The van der Waals surface area contributed by atoms with E-state index in [1.54, 1.807) is 6.07 Å². The lowest BCUT2D eigenvalue weighted by Gasteiger charge is -2.11. The molecule has 5 nitrogen and oxygen atoms in total. The second kappa shape index (κ2) is 6.06. The van der Waals surface area contributed by atoms with Gasteiger partial charge in [-0.05, 0) is 18.1 Å². The Bertz CT molecular complexity index is 497. The normalized spacial score (nSPS) is 11.6. The summed E-state index contributed by atoms with van der Waals surface area (Å²) >= 11 is 0. The molecule has 102 valence electrons. The van der Waals surface area contributed by atoms with Gasteiger partial charge in [0.25, 0.3) is 0 Å². The number of ether oxygens (including phenoxy) is 2. The van der Waals surface area contributed by atoms with E-state index in [1.807, 2.05) is 13.8 Å². The van der Waals surface area contributed by atoms with Crippen LogP contribution in [0.2, 0.25) is 0 Å². The monoisotopic (exact) mass is 273 g/mol. The Kier molecular flexibility index (Phi) is 4.98. The van der Waals surface area contributed by atoms with Gasteiger partial charge >= 0.3 is 0 Å². The van der Waals surface area contributed by atoms with Crippen LogP contribution >= 0.6 is 0 Å². The first kappa shape index (κ1) is 14.8. The van der Waals surface area contributed by atoms with E-state index < -0.39 is 10.0 Å². The molecule has 0 amide bonds. The standard InChI is InChI=1S/C12H19NO4S/c1-9(2)8-13-18(14,15)10-5-6-11(16-3)12(7-10)17-4/h5-7,9,13H,8H2,1-4H3. The van der Waals surface area contributed by atoms with Crippen LogP contribution in [0.4, 0.5) is 0 Å². The fourth-order valence-electron chi connectivity index (χ4n) is 1.34. The van der Waals surface area contributed by atoms with Gasteiger partial charge in [-0.1, -0.05) is 13.8 Å². The Morgan fingerprint density at radius 2 is 1.78 bits per heavy atom. The van der Waals surface area contributed by atoms with Crippen molar-refractivity contribution >= 4 is 10.0 Å². The Labute approximate surface area is 108 Å². The van der Waals surface area contributed by atoms with E-state index in [2.05, 4.69) is 4.72 Å². The molecular formula is C12H19NO4S. The number of hydrogen-bond acceptors (Lipinski definition) is 4. The van der Waals surface area contributed by atoms with Crippen molar-refractivity contribution in [1.29, 1.82) is 0 Å². The number of nitrogens with one attached hydrogen (secondary N) is 1. The van der Waals surface area contributed by atoms with Crippen molar-refractivity contribution in [3.63, 3.8) is 0 Å². The maximum atomic E-state index is 12.0. The van der Waals surface area contributed by atoms with E-state index in [1.165, 1.54) is 26.4 Å². The van der Waals surface area contributed by atoms with Crippen molar-refractivity contribution in [2.75, 3.05) is 20.8 Å². The molecule has 0 saturated heterocycles. The molecule has 0 heterocycles. The highest BCUT2D eigenvalue weighted by Crippen LogP contribution is 2.29. The fourth-order valence-corrected chi connectivity index (χ4v) is 2.57. The number of rotatable bonds is 6. The van der Waals surface area contributed by atoms with Crippen LogP contribution in [0, 0.1) is 5.92 Å². The number of hydrogen-bond donors (Lipinski definition) is 1. The minimum atomic E-state index is -3.50. The molecule has 6 heteroatoms. The predicted octanol–water partition coefficient (Wildman–Crippen LogP) is 1.64. The van der Waals surface area contributed by atoms with E-state index in [-0.39, 0.29) is 10.8 Å². The summed E-state index contributed by atoms with van der Waals surface area (Å²) < 4.78 is 36.7. The van der Waals surface area contributed by atoms with Gasteiger partial charge in [-0.15, -0.1) is 0 Å². The van der Waals surface area contributed by atoms with Crippen molar-refractivity contribution in [2.24, 2.45) is 5.92 Å². The first-order chi connectivity index (χ1) is 8.40. The molecule has 1 rings (SSSR count). The van der Waals surface area contributed by atoms with Gasteiger partial charge in [-0.25, -0.2) is 13.1 Å². The van der Waals surface area contributed by atoms with E-state index in [9.17, 15) is 8.42 Å². The van der Waals surface area contributed by atoms with Crippen LogP contribution in [-0.2, 0) is 10.0 Å². The SMILES string of the molecule is COc1ccc(S(=O)(=O)NCC(C)C)cc1OC. The minimum Gasteiger partial charge on any atom is -0.493 e. The van der Waals surface area contributed by atoms with E-state index in [0.29, 0.717) is 18.0 Å². The Morgan fingerprint density at radius 1 is 1.17 bits per heavy atom. The molecule has 18 heavy (non-hydrogen) atoms. The molecule has 1 N–H and O–H groups in total. The molecule has 0 aromatic heterocycles. The second-order valence-corrected chi connectivity index (χ2v) is 6.03. The third kappa shape index (κ3) is 3.61. The van der Waals surface area contributed by atoms with Crippen LogP contribution in [0.1, 0.15) is 13.8 Å². The number of methoxy groups -OCH3 is 2. The quantitative estimate of drug-likeness (QED) is 0.855. The van der Waals surface area contributed by atoms with Crippen molar-refractivity contribution in [3.05, 3.63) is 18.2 Å². The molecular weight excluding hydrogens is 254 g/mol. The van der Waals surface area contributed by atoms with E-state index >= 15 is 0 Å². The summed E-state index contributed by atoms with van der Waals surface area (Å²) in [4.78, 5) is 0.167. The van der Waals surface area contributed by atoms with Gasteiger partial charge in [0.15, 0.2) is 11.5 Å². The van der Waals surface area contributed by atoms with Crippen molar-refractivity contribution in [2.45, 2.75) is 18.7 Å². The minimum absolute atomic E-state index is 0.167. The summed E-state index contributed by atoms with van der Waals surface area (Å²) in [6.07, 6.45) is 0. The van der Waals surface area contributed by atoms with Crippen molar-refractivity contribution in [1.82, 2.24) is 4.72 Å². The van der Waals surface area contributed by atoms with Crippen LogP contribution in [-0.4, -0.2) is 29.2 Å². The molecule has 0 unspecified atom stereocenters. The summed E-state index contributed by atoms with van der Waals surface area (Å²) in [6, 6.07) is 4.51. The first-order valence-corrected chi connectivity index (χ1v) is 7.10.